The number of guanidine groups is 1. The van der Waals surface area contributed by atoms with Gasteiger partial charge < -0.3 is 15.1 Å². The second kappa shape index (κ2) is 14.3. The summed E-state index contributed by atoms with van der Waals surface area (Å²) in [6, 6.07) is 11.7. The summed E-state index contributed by atoms with van der Waals surface area (Å²) in [6.45, 7) is 13.7. The lowest BCUT2D eigenvalue weighted by atomic mass is 9.83. The molecule has 2 unspecified atom stereocenters. The molecule has 1 N–H and O–H groups in total. The predicted octanol–water partition coefficient (Wildman–Crippen LogP) is 4.29. The van der Waals surface area contributed by atoms with Crippen molar-refractivity contribution in [1.29, 1.82) is 0 Å². The Morgan fingerprint density at radius 2 is 1.87 bits per heavy atom. The van der Waals surface area contributed by atoms with Crippen molar-refractivity contribution in [2.24, 2.45) is 10.9 Å². The molecule has 0 saturated carbocycles. The number of nitrogens with one attached hydrogen (secondary N) is 1. The van der Waals surface area contributed by atoms with Crippen molar-refractivity contribution in [3.8, 4) is 0 Å². The van der Waals surface area contributed by atoms with E-state index in [4.69, 9.17) is 0 Å². The van der Waals surface area contributed by atoms with Gasteiger partial charge >= 0.3 is 0 Å². The summed E-state index contributed by atoms with van der Waals surface area (Å²) in [7, 11) is 1.94. The van der Waals surface area contributed by atoms with Crippen molar-refractivity contribution >= 4 is 29.9 Å². The highest BCUT2D eigenvalue weighted by atomic mass is 127. The van der Waals surface area contributed by atoms with Crippen molar-refractivity contribution in [3.63, 3.8) is 0 Å². The smallest absolute Gasteiger partial charge is 0.193 e. The Kier molecular flexibility index (Phi) is 12.2. The Balaban J connectivity index is 0.00000341. The van der Waals surface area contributed by atoms with Crippen LogP contribution in [0.15, 0.2) is 35.3 Å². The zero-order chi connectivity index (χ0) is 21.2. The maximum absolute atomic E-state index is 4.61. The van der Waals surface area contributed by atoms with Crippen LogP contribution in [0.5, 0.6) is 0 Å². The molecule has 2 fully saturated rings. The van der Waals surface area contributed by atoms with Crippen LogP contribution in [-0.4, -0.2) is 79.6 Å². The third kappa shape index (κ3) is 7.90. The Hall–Kier alpha value is -0.860. The molecule has 2 heterocycles. The molecule has 5 nitrogen and oxygen atoms in total. The van der Waals surface area contributed by atoms with Crippen LogP contribution in [0.2, 0.25) is 0 Å². The number of unbranched alkanes of at least 4 members (excludes halogenated alkanes) is 1. The molecule has 2 aliphatic rings. The first-order valence-electron chi connectivity index (χ1n) is 12.2. The molecule has 2 atom stereocenters. The van der Waals surface area contributed by atoms with Crippen LogP contribution in [0.25, 0.3) is 0 Å². The van der Waals surface area contributed by atoms with E-state index in [1.54, 1.807) is 0 Å². The summed E-state index contributed by atoms with van der Waals surface area (Å²) in [6.07, 6.45) is 6.39. The van der Waals surface area contributed by atoms with Gasteiger partial charge in [0.1, 0.15) is 0 Å². The molecular weight excluding hydrogens is 497 g/mol. The third-order valence-electron chi connectivity index (χ3n) is 7.00. The van der Waals surface area contributed by atoms with Crippen molar-refractivity contribution in [2.45, 2.75) is 58.5 Å². The normalized spacial score (nSPS) is 22.2. The molecular formula is C25H44IN5. The van der Waals surface area contributed by atoms with Crippen molar-refractivity contribution in [3.05, 3.63) is 35.9 Å². The lowest BCUT2D eigenvalue weighted by molar-refractivity contribution is 0.0372. The second-order valence-corrected chi connectivity index (χ2v) is 8.87. The lowest BCUT2D eigenvalue weighted by Gasteiger charge is -2.48. The van der Waals surface area contributed by atoms with Gasteiger partial charge in [-0.25, -0.2) is 0 Å². The lowest BCUT2D eigenvalue weighted by Crippen LogP contribution is -2.56. The van der Waals surface area contributed by atoms with E-state index in [0.717, 1.165) is 57.2 Å². The van der Waals surface area contributed by atoms with Crippen LogP contribution in [0, 0.1) is 5.92 Å². The fourth-order valence-corrected chi connectivity index (χ4v) is 5.25. The molecule has 3 rings (SSSR count). The number of halogens is 1. The average molecular weight is 542 g/mol. The van der Waals surface area contributed by atoms with Crippen LogP contribution in [0.4, 0.5) is 0 Å². The zero-order valence-electron chi connectivity index (χ0n) is 19.9. The standard InChI is InChI=1S/C25H43N5.HI/c1-4-28(5-2)17-10-9-16-27-25(26-3)30-19-15-24-23(21-30)14-11-18-29(24)20-22-12-7-6-8-13-22;/h6-8,12-13,23-24H,4-5,9-11,14-21H2,1-3H3,(H,26,27);1H. The number of piperidine rings is 2. The Labute approximate surface area is 207 Å². The molecule has 0 amide bonds. The number of benzene rings is 1. The Bertz CT molecular complexity index is 634. The van der Waals surface area contributed by atoms with Crippen LogP contribution in [-0.2, 0) is 6.54 Å². The van der Waals surface area contributed by atoms with E-state index in [2.05, 4.69) is 69.2 Å². The van der Waals surface area contributed by atoms with Gasteiger partial charge in [0.15, 0.2) is 5.96 Å². The molecule has 2 saturated heterocycles. The molecule has 1 aromatic rings. The molecule has 176 valence electrons. The van der Waals surface area contributed by atoms with Crippen molar-refractivity contribution in [1.82, 2.24) is 20.0 Å². The van der Waals surface area contributed by atoms with Crippen LogP contribution in [0.3, 0.4) is 0 Å². The maximum atomic E-state index is 4.61. The van der Waals surface area contributed by atoms with Gasteiger partial charge in [-0.15, -0.1) is 24.0 Å². The summed E-state index contributed by atoms with van der Waals surface area (Å²) in [4.78, 5) is 12.4. The Morgan fingerprint density at radius 3 is 2.58 bits per heavy atom. The number of rotatable bonds is 9. The molecule has 0 aliphatic carbocycles. The molecule has 0 bridgehead atoms. The van der Waals surface area contributed by atoms with Crippen molar-refractivity contribution < 1.29 is 0 Å². The van der Waals surface area contributed by atoms with Gasteiger partial charge in [0.05, 0.1) is 0 Å². The van der Waals surface area contributed by atoms with Crippen LogP contribution < -0.4 is 5.32 Å². The molecule has 6 heteroatoms. The zero-order valence-corrected chi connectivity index (χ0v) is 22.3. The van der Waals surface area contributed by atoms with Gasteiger partial charge in [-0.3, -0.25) is 9.89 Å². The Morgan fingerprint density at radius 1 is 1.10 bits per heavy atom. The van der Waals surface area contributed by atoms with Crippen LogP contribution in [0.1, 0.15) is 51.5 Å². The predicted molar refractivity (Wildman–Crippen MR) is 143 cm³/mol. The number of aliphatic imine (C=N–C) groups is 1. The molecule has 0 aromatic heterocycles. The summed E-state index contributed by atoms with van der Waals surface area (Å²) in [5, 5.41) is 3.64. The third-order valence-corrected chi connectivity index (χ3v) is 7.00. The highest BCUT2D eigenvalue weighted by Crippen LogP contribution is 2.31. The molecule has 2 aliphatic heterocycles. The molecule has 0 radical (unpaired) electrons. The van der Waals surface area contributed by atoms with E-state index in [1.807, 2.05) is 7.05 Å². The minimum atomic E-state index is 0. The number of hydrogen-bond acceptors (Lipinski definition) is 3. The summed E-state index contributed by atoms with van der Waals surface area (Å²) in [5.74, 6) is 1.87. The van der Waals surface area contributed by atoms with Gasteiger partial charge in [0.25, 0.3) is 0 Å². The average Bonchev–Trinajstić information content (AvgIpc) is 2.79. The van der Waals surface area contributed by atoms with Crippen LogP contribution >= 0.6 is 24.0 Å². The van der Waals surface area contributed by atoms with Gasteiger partial charge in [0.2, 0.25) is 0 Å². The van der Waals surface area contributed by atoms with Gasteiger partial charge in [0, 0.05) is 39.3 Å². The molecule has 0 spiro atoms. The van der Waals surface area contributed by atoms with E-state index in [1.165, 1.54) is 50.8 Å². The first kappa shape index (κ1) is 26.4. The topological polar surface area (TPSA) is 34.1 Å². The second-order valence-electron chi connectivity index (χ2n) is 8.87. The van der Waals surface area contributed by atoms with E-state index in [9.17, 15) is 0 Å². The van der Waals surface area contributed by atoms with E-state index < -0.39 is 0 Å². The number of hydrogen-bond donors (Lipinski definition) is 1. The molecule has 1 aromatic carbocycles. The summed E-state index contributed by atoms with van der Waals surface area (Å²) in [5.41, 5.74) is 1.45. The van der Waals surface area contributed by atoms with Gasteiger partial charge in [-0.1, -0.05) is 44.2 Å². The van der Waals surface area contributed by atoms with E-state index in [-0.39, 0.29) is 24.0 Å². The maximum Gasteiger partial charge on any atom is 0.193 e. The largest absolute Gasteiger partial charge is 0.356 e. The minimum absolute atomic E-state index is 0. The first-order chi connectivity index (χ1) is 14.7. The molecule has 31 heavy (non-hydrogen) atoms. The monoisotopic (exact) mass is 541 g/mol. The quantitative estimate of drug-likeness (QED) is 0.219. The van der Waals surface area contributed by atoms with Gasteiger partial charge in [-0.2, -0.15) is 0 Å². The fourth-order valence-electron chi connectivity index (χ4n) is 5.25. The first-order valence-corrected chi connectivity index (χ1v) is 12.2. The summed E-state index contributed by atoms with van der Waals surface area (Å²) >= 11 is 0. The fraction of sp³-hybridized carbons (Fsp3) is 0.720. The number of nitrogens with zero attached hydrogens (tertiary/aromatic N) is 4. The number of likely N-dealkylation sites (tertiary alicyclic amines) is 2. The van der Waals surface area contributed by atoms with E-state index >= 15 is 0 Å². The summed E-state index contributed by atoms with van der Waals surface area (Å²) < 4.78 is 0. The van der Waals surface area contributed by atoms with Gasteiger partial charge in [-0.05, 0) is 69.8 Å². The minimum Gasteiger partial charge on any atom is -0.356 e. The highest BCUT2D eigenvalue weighted by molar-refractivity contribution is 14.0. The SMILES string of the molecule is CCN(CC)CCCCNC(=NC)N1CCC2C(CCCN2Cc2ccccc2)C1.I. The number of fused-ring (bicyclic) bond motifs is 1. The highest BCUT2D eigenvalue weighted by Gasteiger charge is 2.36. The van der Waals surface area contributed by atoms with Crippen molar-refractivity contribution in [2.75, 3.05) is 52.9 Å². The van der Waals surface area contributed by atoms with E-state index in [0.29, 0.717) is 0 Å².